The van der Waals surface area contributed by atoms with E-state index in [1.165, 1.54) is 12.0 Å². The molecule has 0 aliphatic rings. The summed E-state index contributed by atoms with van der Waals surface area (Å²) >= 11 is 0. The highest BCUT2D eigenvalue weighted by Gasteiger charge is 2.32. The second-order valence-corrected chi connectivity index (χ2v) is 13.3. The first-order chi connectivity index (χ1) is 21.6. The third kappa shape index (κ3) is 13.5. The maximum absolute atomic E-state index is 13.9. The van der Waals surface area contributed by atoms with Crippen molar-refractivity contribution in [1.82, 2.24) is 20.9 Å². The molecule has 0 aromatic heterocycles. The van der Waals surface area contributed by atoms with E-state index in [0.29, 0.717) is 6.42 Å². The van der Waals surface area contributed by atoms with Gasteiger partial charge in [0.1, 0.15) is 17.7 Å². The van der Waals surface area contributed by atoms with E-state index in [1.54, 1.807) is 34.6 Å². The van der Waals surface area contributed by atoms with Gasteiger partial charge < -0.3 is 35.4 Å². The standard InChI is InChI=1S/C35H52N4O7/c1-23(2)19-28(31(41)38-30(24(3)4)32(42)45-8)36-33(43)39(21-26-17-13-10-14-18-26)22-29(40)27(20-25-15-11-9-12-16-25)37-34(44)46-35(5,6)7/h9-18,23-24,27-30,40H,19-22H2,1-8H3,(H,36,43)(H,37,44)(H,38,41)/t27-,28+,29+,30+/m0/s1. The van der Waals surface area contributed by atoms with Crippen LogP contribution in [-0.4, -0.2) is 77.5 Å². The number of methoxy groups -OCH3 is 1. The van der Waals surface area contributed by atoms with Gasteiger partial charge in [-0.3, -0.25) is 4.79 Å². The molecule has 11 heteroatoms. The fourth-order valence-electron chi connectivity index (χ4n) is 4.81. The predicted molar refractivity (Wildman–Crippen MR) is 177 cm³/mol. The Kier molecular flexibility index (Phi) is 15.0. The Bertz CT molecular complexity index is 1250. The number of rotatable bonds is 15. The zero-order valence-electron chi connectivity index (χ0n) is 28.4. The molecule has 0 fully saturated rings. The molecule has 4 amide bonds. The van der Waals surface area contributed by atoms with Crippen molar-refractivity contribution in [2.75, 3.05) is 13.7 Å². The van der Waals surface area contributed by atoms with E-state index in [4.69, 9.17) is 9.47 Å². The molecule has 0 spiro atoms. The van der Waals surface area contributed by atoms with Crippen LogP contribution in [0.15, 0.2) is 60.7 Å². The normalized spacial score (nSPS) is 14.1. The van der Waals surface area contributed by atoms with Gasteiger partial charge in [-0.1, -0.05) is 88.4 Å². The van der Waals surface area contributed by atoms with Crippen LogP contribution in [0.2, 0.25) is 0 Å². The van der Waals surface area contributed by atoms with Gasteiger partial charge >= 0.3 is 18.1 Å². The summed E-state index contributed by atoms with van der Waals surface area (Å²) in [6.45, 7) is 12.6. The molecule has 254 valence electrons. The van der Waals surface area contributed by atoms with E-state index in [9.17, 15) is 24.3 Å². The number of alkyl carbamates (subject to hydrolysis) is 1. The van der Waals surface area contributed by atoms with Crippen molar-refractivity contribution >= 4 is 24.0 Å². The topological polar surface area (TPSA) is 146 Å². The Balaban J connectivity index is 2.36. The van der Waals surface area contributed by atoms with E-state index >= 15 is 0 Å². The molecule has 11 nitrogen and oxygen atoms in total. The van der Waals surface area contributed by atoms with Gasteiger partial charge in [0.05, 0.1) is 25.8 Å². The lowest BCUT2D eigenvalue weighted by Crippen LogP contribution is -2.57. The van der Waals surface area contributed by atoms with Crippen molar-refractivity contribution in [3.05, 3.63) is 71.8 Å². The van der Waals surface area contributed by atoms with Gasteiger partial charge in [0.2, 0.25) is 5.91 Å². The number of ether oxygens (including phenoxy) is 2. The smallest absolute Gasteiger partial charge is 0.407 e. The second kappa shape index (κ2) is 18.1. The van der Waals surface area contributed by atoms with Crippen LogP contribution in [-0.2, 0) is 32.0 Å². The number of aliphatic hydroxyl groups excluding tert-OH is 1. The minimum Gasteiger partial charge on any atom is -0.467 e. The number of esters is 1. The van der Waals surface area contributed by atoms with Gasteiger partial charge in [0.15, 0.2) is 0 Å². The molecule has 4 atom stereocenters. The van der Waals surface area contributed by atoms with Crippen LogP contribution in [0.3, 0.4) is 0 Å². The number of carbonyl (C=O) groups is 4. The number of nitrogens with zero attached hydrogens (tertiary/aromatic N) is 1. The lowest BCUT2D eigenvalue weighted by Gasteiger charge is -2.32. The minimum atomic E-state index is -1.20. The maximum atomic E-state index is 13.9. The number of carbonyl (C=O) groups excluding carboxylic acids is 4. The van der Waals surface area contributed by atoms with Crippen molar-refractivity contribution in [2.24, 2.45) is 11.8 Å². The van der Waals surface area contributed by atoms with Crippen LogP contribution >= 0.6 is 0 Å². The summed E-state index contributed by atoms with van der Waals surface area (Å²) in [5, 5.41) is 19.9. The molecule has 2 aromatic carbocycles. The molecule has 4 N–H and O–H groups in total. The Morgan fingerprint density at radius 2 is 1.41 bits per heavy atom. The summed E-state index contributed by atoms with van der Waals surface area (Å²) in [6.07, 6.45) is -1.30. The molecule has 2 rings (SSSR count). The largest absolute Gasteiger partial charge is 0.467 e. The van der Waals surface area contributed by atoms with Crippen molar-refractivity contribution < 1.29 is 33.8 Å². The highest BCUT2D eigenvalue weighted by atomic mass is 16.6. The minimum absolute atomic E-state index is 0.0353. The summed E-state index contributed by atoms with van der Waals surface area (Å²) in [5.41, 5.74) is 0.931. The average molecular weight is 641 g/mol. The predicted octanol–water partition coefficient (Wildman–Crippen LogP) is 4.42. The number of benzene rings is 2. The van der Waals surface area contributed by atoms with Crippen molar-refractivity contribution in [3.8, 4) is 0 Å². The maximum Gasteiger partial charge on any atom is 0.407 e. The van der Waals surface area contributed by atoms with Gasteiger partial charge in [-0.15, -0.1) is 0 Å². The fraction of sp³-hybridized carbons (Fsp3) is 0.543. The van der Waals surface area contributed by atoms with Crippen LogP contribution in [0.4, 0.5) is 9.59 Å². The quantitative estimate of drug-likeness (QED) is 0.211. The van der Waals surface area contributed by atoms with Crippen molar-refractivity contribution in [2.45, 2.75) is 97.7 Å². The van der Waals surface area contributed by atoms with Crippen LogP contribution in [0.25, 0.3) is 0 Å². The van der Waals surface area contributed by atoms with E-state index < -0.39 is 53.8 Å². The zero-order valence-corrected chi connectivity index (χ0v) is 28.4. The van der Waals surface area contributed by atoms with Gasteiger partial charge in [0.25, 0.3) is 0 Å². The first kappa shape index (κ1) is 38.1. The summed E-state index contributed by atoms with van der Waals surface area (Å²) in [4.78, 5) is 53.9. The summed E-state index contributed by atoms with van der Waals surface area (Å²) in [5.74, 6) is -1.29. The highest BCUT2D eigenvalue weighted by Crippen LogP contribution is 2.15. The van der Waals surface area contributed by atoms with Crippen LogP contribution in [0.1, 0.15) is 66.0 Å². The number of urea groups is 1. The Morgan fingerprint density at radius 1 is 0.848 bits per heavy atom. The highest BCUT2D eigenvalue weighted by molar-refractivity contribution is 5.90. The summed E-state index contributed by atoms with van der Waals surface area (Å²) in [6, 6.07) is 15.4. The lowest BCUT2D eigenvalue weighted by molar-refractivity contribution is -0.146. The van der Waals surface area contributed by atoms with E-state index in [-0.39, 0.29) is 31.3 Å². The molecule has 0 saturated heterocycles. The summed E-state index contributed by atoms with van der Waals surface area (Å²) in [7, 11) is 1.26. The number of hydrogen-bond acceptors (Lipinski definition) is 7. The van der Waals surface area contributed by atoms with E-state index in [1.807, 2.05) is 74.5 Å². The molecule has 0 saturated carbocycles. The molecule has 0 aliphatic carbocycles. The van der Waals surface area contributed by atoms with Crippen LogP contribution < -0.4 is 16.0 Å². The Labute approximate surface area is 273 Å². The van der Waals surface area contributed by atoms with Gasteiger partial charge in [0, 0.05) is 6.54 Å². The number of hydrogen-bond donors (Lipinski definition) is 4. The Hall–Kier alpha value is -4.12. The number of nitrogens with one attached hydrogen (secondary N) is 3. The first-order valence-electron chi connectivity index (χ1n) is 15.8. The number of aliphatic hydroxyl groups is 1. The SMILES string of the molecule is COC(=O)[C@H](NC(=O)[C@@H](CC(C)C)NC(=O)N(Cc1ccccc1)C[C@@H](O)[C@H](Cc1ccccc1)NC(=O)OC(C)(C)C)C(C)C. The third-order valence-electron chi connectivity index (χ3n) is 7.12. The average Bonchev–Trinajstić information content (AvgIpc) is 2.98. The molecule has 0 unspecified atom stereocenters. The Morgan fingerprint density at radius 3 is 1.91 bits per heavy atom. The zero-order chi connectivity index (χ0) is 34.4. The van der Waals surface area contributed by atoms with Crippen LogP contribution in [0.5, 0.6) is 0 Å². The first-order valence-corrected chi connectivity index (χ1v) is 15.8. The van der Waals surface area contributed by atoms with Crippen molar-refractivity contribution in [1.29, 1.82) is 0 Å². The van der Waals surface area contributed by atoms with Gasteiger partial charge in [-0.2, -0.15) is 0 Å². The molecule has 0 radical (unpaired) electrons. The molecule has 0 heterocycles. The molecule has 0 aliphatic heterocycles. The molecular weight excluding hydrogens is 588 g/mol. The second-order valence-electron chi connectivity index (χ2n) is 13.3. The molecule has 2 aromatic rings. The molecule has 0 bridgehead atoms. The van der Waals surface area contributed by atoms with Gasteiger partial charge in [-0.05, 0) is 56.6 Å². The summed E-state index contributed by atoms with van der Waals surface area (Å²) < 4.78 is 10.3. The lowest BCUT2D eigenvalue weighted by atomic mass is 10.00. The third-order valence-corrected chi connectivity index (χ3v) is 7.12. The van der Waals surface area contributed by atoms with Crippen molar-refractivity contribution in [3.63, 3.8) is 0 Å². The number of amides is 4. The van der Waals surface area contributed by atoms with E-state index in [2.05, 4.69) is 16.0 Å². The molecule has 46 heavy (non-hydrogen) atoms. The molecular formula is C35H52N4O7. The van der Waals surface area contributed by atoms with E-state index in [0.717, 1.165) is 11.1 Å². The van der Waals surface area contributed by atoms with Gasteiger partial charge in [-0.25, -0.2) is 14.4 Å². The van der Waals surface area contributed by atoms with Crippen LogP contribution in [0, 0.1) is 11.8 Å². The fourth-order valence-corrected chi connectivity index (χ4v) is 4.81. The monoisotopic (exact) mass is 640 g/mol.